The van der Waals surface area contributed by atoms with Crippen LogP contribution in [-0.4, -0.2) is 39.2 Å². The van der Waals surface area contributed by atoms with Gasteiger partial charge in [0.15, 0.2) is 0 Å². The van der Waals surface area contributed by atoms with E-state index in [1.54, 1.807) is 6.07 Å². The fourth-order valence-electron chi connectivity index (χ4n) is 2.14. The molecule has 3 amide bonds. The van der Waals surface area contributed by atoms with Gasteiger partial charge in [-0.25, -0.2) is 14.1 Å². The first-order chi connectivity index (χ1) is 9.56. The maximum absolute atomic E-state index is 11.9. The number of hydrogen-bond donors (Lipinski definition) is 2. The van der Waals surface area contributed by atoms with Gasteiger partial charge in [-0.2, -0.15) is 5.10 Å². The van der Waals surface area contributed by atoms with Crippen LogP contribution in [0.4, 0.5) is 10.5 Å². The number of carbonyl (C=O) groups is 3. The lowest BCUT2D eigenvalue weighted by atomic mass is 10.2. The molecular weight excluding hydrogens is 264 g/mol. The molecule has 0 unspecified atom stereocenters. The van der Waals surface area contributed by atoms with E-state index in [4.69, 9.17) is 5.11 Å². The summed E-state index contributed by atoms with van der Waals surface area (Å²) < 4.78 is 1.39. The highest BCUT2D eigenvalue weighted by Crippen LogP contribution is 2.25. The summed E-state index contributed by atoms with van der Waals surface area (Å²) in [6, 6.07) is 2.51. The lowest BCUT2D eigenvalue weighted by Crippen LogP contribution is -2.49. The van der Waals surface area contributed by atoms with E-state index in [0.717, 1.165) is 0 Å². The van der Waals surface area contributed by atoms with E-state index < -0.39 is 12.0 Å². The number of imide groups is 1. The van der Waals surface area contributed by atoms with Gasteiger partial charge in [0, 0.05) is 19.2 Å². The maximum atomic E-state index is 11.9. The van der Waals surface area contributed by atoms with Crippen molar-refractivity contribution in [1.29, 1.82) is 0 Å². The lowest BCUT2D eigenvalue weighted by Gasteiger charge is -2.27. The van der Waals surface area contributed by atoms with E-state index >= 15 is 0 Å². The largest absolute Gasteiger partial charge is 0.478 e. The monoisotopic (exact) mass is 274 g/mol. The van der Waals surface area contributed by atoms with Crippen LogP contribution in [0.25, 0.3) is 5.52 Å². The highest BCUT2D eigenvalue weighted by molar-refractivity contribution is 6.08. The minimum absolute atomic E-state index is 0.0147. The zero-order chi connectivity index (χ0) is 14.3. The van der Waals surface area contributed by atoms with Gasteiger partial charge >= 0.3 is 12.0 Å². The molecule has 0 radical (unpaired) electrons. The molecule has 2 aromatic heterocycles. The van der Waals surface area contributed by atoms with Crippen LogP contribution in [0, 0.1) is 0 Å². The molecule has 1 fully saturated rings. The number of rotatable bonds is 2. The Balaban J connectivity index is 2.14. The minimum atomic E-state index is -1.11. The summed E-state index contributed by atoms with van der Waals surface area (Å²) >= 11 is 0. The lowest BCUT2D eigenvalue weighted by molar-refractivity contribution is -0.120. The van der Waals surface area contributed by atoms with E-state index in [0.29, 0.717) is 11.2 Å². The molecule has 1 aliphatic heterocycles. The molecule has 2 aromatic rings. The summed E-state index contributed by atoms with van der Waals surface area (Å²) in [5.41, 5.74) is 1.02. The van der Waals surface area contributed by atoms with Crippen molar-refractivity contribution < 1.29 is 19.5 Å². The molecule has 0 aromatic carbocycles. The number of pyridine rings is 1. The third-order valence-corrected chi connectivity index (χ3v) is 3.08. The molecule has 1 saturated heterocycles. The van der Waals surface area contributed by atoms with Crippen molar-refractivity contribution in [3.63, 3.8) is 0 Å². The number of nitrogens with zero attached hydrogens (tertiary/aromatic N) is 3. The van der Waals surface area contributed by atoms with Crippen molar-refractivity contribution in [2.75, 3.05) is 11.4 Å². The van der Waals surface area contributed by atoms with Gasteiger partial charge in [0.25, 0.3) is 0 Å². The highest BCUT2D eigenvalue weighted by Gasteiger charge is 2.26. The van der Waals surface area contributed by atoms with Gasteiger partial charge in [0.2, 0.25) is 5.91 Å². The quantitative estimate of drug-likeness (QED) is 0.828. The Labute approximate surface area is 112 Å². The normalized spacial score (nSPS) is 15.5. The average Bonchev–Trinajstić information content (AvgIpc) is 2.86. The Morgan fingerprint density at radius 1 is 1.40 bits per heavy atom. The zero-order valence-corrected chi connectivity index (χ0v) is 10.2. The minimum Gasteiger partial charge on any atom is -0.478 e. The number of amides is 3. The predicted molar refractivity (Wildman–Crippen MR) is 67.7 cm³/mol. The highest BCUT2D eigenvalue weighted by atomic mass is 16.4. The second kappa shape index (κ2) is 4.34. The van der Waals surface area contributed by atoms with Crippen LogP contribution in [0.2, 0.25) is 0 Å². The number of carboxylic acids is 1. The van der Waals surface area contributed by atoms with Crippen molar-refractivity contribution in [1.82, 2.24) is 14.9 Å². The van der Waals surface area contributed by atoms with Gasteiger partial charge < -0.3 is 5.11 Å². The third kappa shape index (κ3) is 1.87. The summed E-state index contributed by atoms with van der Waals surface area (Å²) in [5.74, 6) is -1.46. The van der Waals surface area contributed by atoms with Crippen LogP contribution in [-0.2, 0) is 4.79 Å². The second-order valence-corrected chi connectivity index (χ2v) is 4.34. The second-order valence-electron chi connectivity index (χ2n) is 4.34. The first-order valence-corrected chi connectivity index (χ1v) is 5.88. The number of carbonyl (C=O) groups excluding carboxylic acids is 2. The molecule has 0 saturated carbocycles. The molecule has 0 aliphatic carbocycles. The SMILES string of the molecule is O=C1CCN(c2cc(C(=O)O)cn3nccc23)C(=O)N1. The first-order valence-electron chi connectivity index (χ1n) is 5.88. The first kappa shape index (κ1) is 12.2. The molecule has 1 aliphatic rings. The van der Waals surface area contributed by atoms with Gasteiger partial charge in [0.05, 0.1) is 23.0 Å². The van der Waals surface area contributed by atoms with Gasteiger partial charge in [0.1, 0.15) is 0 Å². The standard InChI is InChI=1S/C12H10N4O4/c17-10-2-4-15(12(20)14-10)9-5-7(11(18)19)6-16-8(9)1-3-13-16/h1,3,5-6H,2,4H2,(H,18,19)(H,14,17,20). The number of aromatic carboxylic acids is 1. The molecule has 102 valence electrons. The van der Waals surface area contributed by atoms with Crippen molar-refractivity contribution in [2.24, 2.45) is 0 Å². The topological polar surface area (TPSA) is 104 Å². The van der Waals surface area contributed by atoms with E-state index in [2.05, 4.69) is 10.4 Å². The molecule has 8 nitrogen and oxygen atoms in total. The fraction of sp³-hybridized carbons (Fsp3) is 0.167. The van der Waals surface area contributed by atoms with Crippen LogP contribution >= 0.6 is 0 Å². The molecule has 0 bridgehead atoms. The molecule has 8 heteroatoms. The number of hydrogen-bond acceptors (Lipinski definition) is 4. The van der Waals surface area contributed by atoms with Gasteiger partial charge in [-0.3, -0.25) is 15.0 Å². The number of urea groups is 1. The smallest absolute Gasteiger partial charge is 0.337 e. The number of nitrogens with one attached hydrogen (secondary N) is 1. The molecule has 2 N–H and O–H groups in total. The van der Waals surface area contributed by atoms with Crippen molar-refractivity contribution in [2.45, 2.75) is 6.42 Å². The Morgan fingerprint density at radius 2 is 2.20 bits per heavy atom. The van der Waals surface area contributed by atoms with E-state index in [-0.39, 0.29) is 24.4 Å². The van der Waals surface area contributed by atoms with Crippen LogP contribution in [0.15, 0.2) is 24.5 Å². The summed E-state index contributed by atoms with van der Waals surface area (Å²) in [6.07, 6.45) is 3.05. The van der Waals surface area contributed by atoms with Crippen molar-refractivity contribution >= 4 is 29.1 Å². The third-order valence-electron chi connectivity index (χ3n) is 3.08. The number of aromatic nitrogens is 2. The van der Waals surface area contributed by atoms with Gasteiger partial charge in [-0.15, -0.1) is 0 Å². The molecule has 3 heterocycles. The van der Waals surface area contributed by atoms with Crippen molar-refractivity contribution in [3.05, 3.63) is 30.1 Å². The number of fused-ring (bicyclic) bond motifs is 1. The van der Waals surface area contributed by atoms with Crippen LogP contribution in [0.3, 0.4) is 0 Å². The Bertz CT molecular complexity index is 736. The van der Waals surface area contributed by atoms with Crippen molar-refractivity contribution in [3.8, 4) is 0 Å². The van der Waals surface area contributed by atoms with Gasteiger partial charge in [-0.05, 0) is 12.1 Å². The maximum Gasteiger partial charge on any atom is 0.337 e. The van der Waals surface area contributed by atoms with E-state index in [1.807, 2.05) is 0 Å². The molecule has 3 rings (SSSR count). The number of carboxylic acid groups (broad SMARTS) is 1. The fourth-order valence-corrected chi connectivity index (χ4v) is 2.14. The summed E-state index contributed by atoms with van der Waals surface area (Å²) in [5, 5.41) is 15.3. The molecule has 0 atom stereocenters. The Morgan fingerprint density at radius 3 is 2.90 bits per heavy atom. The Hall–Kier alpha value is -2.90. The predicted octanol–water partition coefficient (Wildman–Crippen LogP) is 0.479. The molecule has 0 spiro atoms. The van der Waals surface area contributed by atoms with Crippen LogP contribution in [0.5, 0.6) is 0 Å². The number of anilines is 1. The molecular formula is C12H10N4O4. The van der Waals surface area contributed by atoms with Crippen LogP contribution < -0.4 is 10.2 Å². The zero-order valence-electron chi connectivity index (χ0n) is 10.2. The Kier molecular flexibility index (Phi) is 2.63. The van der Waals surface area contributed by atoms with E-state index in [9.17, 15) is 14.4 Å². The summed E-state index contributed by atoms with van der Waals surface area (Å²) in [4.78, 5) is 35.5. The molecule has 20 heavy (non-hydrogen) atoms. The van der Waals surface area contributed by atoms with Gasteiger partial charge in [-0.1, -0.05) is 0 Å². The van der Waals surface area contributed by atoms with Crippen LogP contribution in [0.1, 0.15) is 16.8 Å². The summed E-state index contributed by atoms with van der Waals surface area (Å²) in [7, 11) is 0. The summed E-state index contributed by atoms with van der Waals surface area (Å²) in [6.45, 7) is 0.203. The van der Waals surface area contributed by atoms with E-state index in [1.165, 1.54) is 27.9 Å². The average molecular weight is 274 g/mol.